The van der Waals surface area contributed by atoms with Crippen LogP contribution in [0.5, 0.6) is 5.75 Å². The molecule has 0 atom stereocenters. The molecule has 1 heterocycles. The van der Waals surface area contributed by atoms with Gasteiger partial charge in [0.1, 0.15) is 6.61 Å². The van der Waals surface area contributed by atoms with E-state index in [1.54, 1.807) is 0 Å². The molecule has 1 aromatic rings. The maximum Gasteiger partial charge on any atom is 0.165 e. The summed E-state index contributed by atoms with van der Waals surface area (Å²) in [5.41, 5.74) is 9.05. The van der Waals surface area contributed by atoms with E-state index in [-0.39, 0.29) is 0 Å². The SMILES string of the molecule is CCCCc1cc(N)c2c(c1)NCCO2. The van der Waals surface area contributed by atoms with E-state index in [2.05, 4.69) is 18.3 Å². The molecule has 3 N–H and O–H groups in total. The fourth-order valence-electron chi connectivity index (χ4n) is 1.87. The van der Waals surface area contributed by atoms with Crippen molar-refractivity contribution in [3.63, 3.8) is 0 Å². The predicted octanol–water partition coefficient (Wildman–Crippen LogP) is 2.42. The Labute approximate surface area is 90.6 Å². The lowest BCUT2D eigenvalue weighted by molar-refractivity contribution is 0.325. The average molecular weight is 206 g/mol. The molecule has 0 saturated heterocycles. The van der Waals surface area contributed by atoms with Crippen LogP contribution in [0.3, 0.4) is 0 Å². The van der Waals surface area contributed by atoms with Crippen molar-refractivity contribution in [2.75, 3.05) is 24.2 Å². The summed E-state index contributed by atoms with van der Waals surface area (Å²) in [4.78, 5) is 0. The van der Waals surface area contributed by atoms with E-state index in [1.807, 2.05) is 6.07 Å². The zero-order valence-electron chi connectivity index (χ0n) is 9.18. The van der Waals surface area contributed by atoms with E-state index in [4.69, 9.17) is 10.5 Å². The Kier molecular flexibility index (Phi) is 2.99. The Morgan fingerprint density at radius 1 is 1.47 bits per heavy atom. The first kappa shape index (κ1) is 10.1. The Bertz CT molecular complexity index is 350. The maximum absolute atomic E-state index is 5.95. The second-order valence-corrected chi connectivity index (χ2v) is 3.94. The highest BCUT2D eigenvalue weighted by Crippen LogP contribution is 2.35. The number of fused-ring (bicyclic) bond motifs is 1. The van der Waals surface area contributed by atoms with Gasteiger partial charge in [-0.05, 0) is 30.5 Å². The third kappa shape index (κ3) is 2.17. The van der Waals surface area contributed by atoms with Crippen LogP contribution in [0.2, 0.25) is 0 Å². The number of hydrogen-bond donors (Lipinski definition) is 2. The molecule has 2 rings (SSSR count). The fourth-order valence-corrected chi connectivity index (χ4v) is 1.87. The van der Waals surface area contributed by atoms with E-state index < -0.39 is 0 Å². The summed E-state index contributed by atoms with van der Waals surface area (Å²) in [6.45, 7) is 3.76. The van der Waals surface area contributed by atoms with Gasteiger partial charge < -0.3 is 15.8 Å². The normalized spacial score (nSPS) is 13.9. The number of ether oxygens (including phenoxy) is 1. The topological polar surface area (TPSA) is 47.3 Å². The van der Waals surface area contributed by atoms with Crippen LogP contribution < -0.4 is 15.8 Å². The second kappa shape index (κ2) is 4.43. The summed E-state index contributed by atoms with van der Waals surface area (Å²) in [5, 5.41) is 3.32. The first-order valence-corrected chi connectivity index (χ1v) is 5.60. The van der Waals surface area contributed by atoms with Gasteiger partial charge in [0.25, 0.3) is 0 Å². The average Bonchev–Trinajstić information content (AvgIpc) is 2.26. The highest BCUT2D eigenvalue weighted by molar-refractivity contribution is 5.71. The highest BCUT2D eigenvalue weighted by Gasteiger charge is 2.13. The number of rotatable bonds is 3. The van der Waals surface area contributed by atoms with Gasteiger partial charge in [-0.15, -0.1) is 0 Å². The van der Waals surface area contributed by atoms with Gasteiger partial charge in [-0.2, -0.15) is 0 Å². The second-order valence-electron chi connectivity index (χ2n) is 3.94. The Morgan fingerprint density at radius 2 is 2.33 bits per heavy atom. The van der Waals surface area contributed by atoms with Crippen LogP contribution in [-0.4, -0.2) is 13.2 Å². The molecule has 1 aliphatic heterocycles. The molecule has 0 fully saturated rings. The quantitative estimate of drug-likeness (QED) is 0.747. The molecule has 0 bridgehead atoms. The first-order valence-electron chi connectivity index (χ1n) is 5.60. The summed E-state index contributed by atoms with van der Waals surface area (Å²) in [6.07, 6.45) is 3.51. The largest absolute Gasteiger partial charge is 0.487 e. The van der Waals surface area contributed by atoms with Crippen LogP contribution in [0.4, 0.5) is 11.4 Å². The van der Waals surface area contributed by atoms with Crippen molar-refractivity contribution in [3.05, 3.63) is 17.7 Å². The molecule has 0 aromatic heterocycles. The number of nitrogens with one attached hydrogen (secondary N) is 1. The number of benzene rings is 1. The smallest absolute Gasteiger partial charge is 0.165 e. The van der Waals surface area contributed by atoms with Gasteiger partial charge in [0.2, 0.25) is 0 Å². The van der Waals surface area contributed by atoms with Gasteiger partial charge in [-0.25, -0.2) is 0 Å². The molecule has 0 amide bonds. The molecule has 82 valence electrons. The van der Waals surface area contributed by atoms with Gasteiger partial charge in [0, 0.05) is 6.54 Å². The minimum Gasteiger partial charge on any atom is -0.487 e. The van der Waals surface area contributed by atoms with Crippen molar-refractivity contribution in [1.29, 1.82) is 0 Å². The number of nitrogens with two attached hydrogens (primary N) is 1. The van der Waals surface area contributed by atoms with Crippen molar-refractivity contribution < 1.29 is 4.74 Å². The zero-order valence-corrected chi connectivity index (χ0v) is 9.18. The van der Waals surface area contributed by atoms with Gasteiger partial charge in [0.05, 0.1) is 11.4 Å². The molecule has 0 unspecified atom stereocenters. The van der Waals surface area contributed by atoms with Gasteiger partial charge in [-0.1, -0.05) is 13.3 Å². The summed E-state index contributed by atoms with van der Waals surface area (Å²) < 4.78 is 5.53. The monoisotopic (exact) mass is 206 g/mol. The van der Waals surface area contributed by atoms with Crippen molar-refractivity contribution >= 4 is 11.4 Å². The fraction of sp³-hybridized carbons (Fsp3) is 0.500. The summed E-state index contributed by atoms with van der Waals surface area (Å²) in [7, 11) is 0. The van der Waals surface area contributed by atoms with Gasteiger partial charge in [0.15, 0.2) is 5.75 Å². The van der Waals surface area contributed by atoms with E-state index in [9.17, 15) is 0 Å². The standard InChI is InChI=1S/C12H18N2O/c1-2-3-4-9-7-10(13)12-11(8-9)14-5-6-15-12/h7-8,14H,2-6,13H2,1H3. The van der Waals surface area contributed by atoms with Crippen LogP contribution in [0.15, 0.2) is 12.1 Å². The zero-order chi connectivity index (χ0) is 10.7. The van der Waals surface area contributed by atoms with Crippen LogP contribution in [0.25, 0.3) is 0 Å². The summed E-state index contributed by atoms with van der Waals surface area (Å²) in [5.74, 6) is 0.821. The summed E-state index contributed by atoms with van der Waals surface area (Å²) >= 11 is 0. The predicted molar refractivity (Wildman–Crippen MR) is 63.5 cm³/mol. The Balaban J connectivity index is 2.24. The van der Waals surface area contributed by atoms with E-state index in [0.29, 0.717) is 6.61 Å². The lowest BCUT2D eigenvalue weighted by atomic mass is 10.1. The van der Waals surface area contributed by atoms with Gasteiger partial charge in [-0.3, -0.25) is 0 Å². The van der Waals surface area contributed by atoms with Crippen molar-refractivity contribution in [2.24, 2.45) is 0 Å². The Hall–Kier alpha value is -1.38. The number of anilines is 2. The first-order chi connectivity index (χ1) is 7.31. The molecule has 3 nitrogen and oxygen atoms in total. The molecule has 15 heavy (non-hydrogen) atoms. The van der Waals surface area contributed by atoms with Gasteiger partial charge >= 0.3 is 0 Å². The van der Waals surface area contributed by atoms with E-state index in [1.165, 1.54) is 18.4 Å². The van der Waals surface area contributed by atoms with Crippen molar-refractivity contribution in [1.82, 2.24) is 0 Å². The molecule has 0 spiro atoms. The van der Waals surface area contributed by atoms with Crippen LogP contribution in [0.1, 0.15) is 25.3 Å². The maximum atomic E-state index is 5.95. The molecule has 0 aliphatic carbocycles. The van der Waals surface area contributed by atoms with E-state index in [0.717, 1.165) is 30.1 Å². The number of nitrogen functional groups attached to an aromatic ring is 1. The lowest BCUT2D eigenvalue weighted by Crippen LogP contribution is -2.19. The van der Waals surface area contributed by atoms with Crippen molar-refractivity contribution in [3.8, 4) is 5.75 Å². The molecule has 3 heteroatoms. The summed E-state index contributed by atoms with van der Waals surface area (Å²) in [6, 6.07) is 4.18. The number of aryl methyl sites for hydroxylation is 1. The van der Waals surface area contributed by atoms with Crippen molar-refractivity contribution in [2.45, 2.75) is 26.2 Å². The van der Waals surface area contributed by atoms with E-state index >= 15 is 0 Å². The minimum absolute atomic E-state index is 0.700. The third-order valence-electron chi connectivity index (χ3n) is 2.66. The molecule has 0 saturated carbocycles. The minimum atomic E-state index is 0.700. The molecule has 1 aromatic carbocycles. The molecule has 1 aliphatic rings. The lowest BCUT2D eigenvalue weighted by Gasteiger charge is -2.21. The Morgan fingerprint density at radius 3 is 3.13 bits per heavy atom. The number of hydrogen-bond acceptors (Lipinski definition) is 3. The third-order valence-corrected chi connectivity index (χ3v) is 2.66. The highest BCUT2D eigenvalue weighted by atomic mass is 16.5. The molecular formula is C12H18N2O. The van der Waals surface area contributed by atoms with Crippen LogP contribution in [0, 0.1) is 0 Å². The molecular weight excluding hydrogens is 188 g/mol. The number of unbranched alkanes of at least 4 members (excludes halogenated alkanes) is 1. The van der Waals surface area contributed by atoms with Crippen LogP contribution in [-0.2, 0) is 6.42 Å². The van der Waals surface area contributed by atoms with Crippen LogP contribution >= 0.6 is 0 Å². The molecule has 0 radical (unpaired) electrons.